The number of hydrogen-bond donors (Lipinski definition) is 3. The molecule has 178 valence electrons. The van der Waals surface area contributed by atoms with Crippen LogP contribution in [0.4, 0.5) is 5.69 Å². The Balaban J connectivity index is 2.27. The van der Waals surface area contributed by atoms with Crippen LogP contribution in [0.5, 0.6) is 17.2 Å². The number of nitrogens with one attached hydrogen (secondary N) is 2. The lowest BCUT2D eigenvalue weighted by atomic mass is 10.1. The summed E-state index contributed by atoms with van der Waals surface area (Å²) in [6.07, 6.45) is 4.68. The summed E-state index contributed by atoms with van der Waals surface area (Å²) in [5.41, 5.74) is 8.18. The number of ether oxygens (including phenoxy) is 3. The van der Waals surface area contributed by atoms with E-state index in [1.165, 1.54) is 39.5 Å². The second-order valence-corrected chi connectivity index (χ2v) is 6.88. The number of methoxy groups -OCH3 is 3. The SMILES string of the molecule is C=C/C=C(\C=C)NC(=O)c1cc(N=C(N)NC(=O)c2cc(OC)c(OC)c(OC)c2)ccc1C. The normalized spacial score (nSPS) is 11.3. The minimum Gasteiger partial charge on any atom is -0.493 e. The highest BCUT2D eigenvalue weighted by molar-refractivity contribution is 6.06. The van der Waals surface area contributed by atoms with Gasteiger partial charge in [-0.3, -0.25) is 14.9 Å². The number of carbonyl (C=O) groups excluding carboxylic acids is 2. The molecule has 0 aromatic heterocycles. The predicted molar refractivity (Wildman–Crippen MR) is 132 cm³/mol. The zero-order chi connectivity index (χ0) is 25.3. The molecule has 2 aromatic rings. The molecule has 34 heavy (non-hydrogen) atoms. The molecule has 0 unspecified atom stereocenters. The summed E-state index contributed by atoms with van der Waals surface area (Å²) in [5, 5.41) is 5.25. The quantitative estimate of drug-likeness (QED) is 0.297. The van der Waals surface area contributed by atoms with Gasteiger partial charge >= 0.3 is 0 Å². The molecule has 0 fully saturated rings. The molecule has 0 heterocycles. The lowest BCUT2D eigenvalue weighted by molar-refractivity contribution is 0.0961. The number of allylic oxidation sites excluding steroid dienone is 3. The third kappa shape index (κ3) is 6.26. The Morgan fingerprint density at radius 2 is 1.62 bits per heavy atom. The van der Waals surface area contributed by atoms with Gasteiger partial charge in [0.1, 0.15) is 0 Å². The Labute approximate surface area is 198 Å². The lowest BCUT2D eigenvalue weighted by Gasteiger charge is -2.14. The Morgan fingerprint density at radius 1 is 0.971 bits per heavy atom. The molecule has 0 bridgehead atoms. The van der Waals surface area contributed by atoms with Crippen LogP contribution in [0.3, 0.4) is 0 Å². The summed E-state index contributed by atoms with van der Waals surface area (Å²) in [7, 11) is 4.37. The van der Waals surface area contributed by atoms with Crippen LogP contribution < -0.4 is 30.6 Å². The molecule has 0 aliphatic rings. The average Bonchev–Trinajstić information content (AvgIpc) is 2.83. The van der Waals surface area contributed by atoms with Crippen molar-refractivity contribution in [3.63, 3.8) is 0 Å². The van der Waals surface area contributed by atoms with E-state index in [0.717, 1.165) is 5.56 Å². The number of carbonyl (C=O) groups is 2. The first kappa shape index (κ1) is 25.7. The number of amides is 2. The number of benzene rings is 2. The fourth-order valence-corrected chi connectivity index (χ4v) is 2.98. The van der Waals surface area contributed by atoms with E-state index in [4.69, 9.17) is 19.9 Å². The summed E-state index contributed by atoms with van der Waals surface area (Å²) >= 11 is 0. The molecule has 4 N–H and O–H groups in total. The lowest BCUT2D eigenvalue weighted by Crippen LogP contribution is -2.36. The van der Waals surface area contributed by atoms with Crippen molar-refractivity contribution >= 4 is 23.5 Å². The largest absolute Gasteiger partial charge is 0.493 e. The molecule has 2 amide bonds. The van der Waals surface area contributed by atoms with Gasteiger partial charge in [-0.2, -0.15) is 0 Å². The van der Waals surface area contributed by atoms with E-state index in [9.17, 15) is 9.59 Å². The molecule has 0 aliphatic heterocycles. The Bertz CT molecular complexity index is 1140. The number of guanidine groups is 1. The molecule has 2 rings (SSSR count). The Hall–Kier alpha value is -4.53. The highest BCUT2D eigenvalue weighted by atomic mass is 16.5. The van der Waals surface area contributed by atoms with Crippen LogP contribution in [0.1, 0.15) is 26.3 Å². The molecule has 9 nitrogen and oxygen atoms in total. The van der Waals surface area contributed by atoms with Gasteiger partial charge in [0.05, 0.1) is 27.0 Å². The van der Waals surface area contributed by atoms with Crippen molar-refractivity contribution in [3.05, 3.63) is 84.1 Å². The van der Waals surface area contributed by atoms with Crippen molar-refractivity contribution in [1.29, 1.82) is 0 Å². The van der Waals surface area contributed by atoms with Crippen LogP contribution in [0.25, 0.3) is 0 Å². The molecule has 0 spiro atoms. The number of nitrogens with two attached hydrogens (primary N) is 1. The van der Waals surface area contributed by atoms with E-state index in [1.54, 1.807) is 37.3 Å². The van der Waals surface area contributed by atoms with Crippen LogP contribution in [0.15, 0.2) is 72.4 Å². The Morgan fingerprint density at radius 3 is 2.15 bits per heavy atom. The van der Waals surface area contributed by atoms with Crippen LogP contribution in [0.2, 0.25) is 0 Å². The maximum atomic E-state index is 12.7. The maximum Gasteiger partial charge on any atom is 0.258 e. The highest BCUT2D eigenvalue weighted by Gasteiger charge is 2.18. The van der Waals surface area contributed by atoms with Gasteiger partial charge < -0.3 is 25.3 Å². The third-order valence-corrected chi connectivity index (χ3v) is 4.66. The monoisotopic (exact) mass is 464 g/mol. The van der Waals surface area contributed by atoms with Gasteiger partial charge in [-0.25, -0.2) is 4.99 Å². The van der Waals surface area contributed by atoms with Gasteiger partial charge in [0, 0.05) is 16.8 Å². The molecule has 0 saturated heterocycles. The topological polar surface area (TPSA) is 124 Å². The van der Waals surface area contributed by atoms with E-state index in [-0.39, 0.29) is 17.4 Å². The number of rotatable bonds is 9. The van der Waals surface area contributed by atoms with Gasteiger partial charge in [-0.05, 0) is 48.9 Å². The van der Waals surface area contributed by atoms with E-state index in [0.29, 0.717) is 34.2 Å². The number of aliphatic imine (C=N–C) groups is 1. The summed E-state index contributed by atoms with van der Waals surface area (Å²) in [4.78, 5) is 29.6. The molecule has 0 saturated carbocycles. The number of hydrogen-bond acceptors (Lipinski definition) is 6. The van der Waals surface area contributed by atoms with Crippen molar-refractivity contribution in [2.24, 2.45) is 10.7 Å². The minimum absolute atomic E-state index is 0.160. The van der Waals surface area contributed by atoms with Gasteiger partial charge in [0.15, 0.2) is 11.5 Å². The van der Waals surface area contributed by atoms with Gasteiger partial charge in [0.2, 0.25) is 11.7 Å². The van der Waals surface area contributed by atoms with Gasteiger partial charge in [0.25, 0.3) is 11.8 Å². The first-order valence-corrected chi connectivity index (χ1v) is 10.1. The zero-order valence-corrected chi connectivity index (χ0v) is 19.6. The zero-order valence-electron chi connectivity index (χ0n) is 19.6. The van der Waals surface area contributed by atoms with Crippen LogP contribution in [-0.4, -0.2) is 39.1 Å². The van der Waals surface area contributed by atoms with Crippen molar-refractivity contribution in [2.75, 3.05) is 21.3 Å². The predicted octanol–water partition coefficient (Wildman–Crippen LogP) is 3.38. The first-order chi connectivity index (χ1) is 16.3. The molecular formula is C25H28N4O5. The second-order valence-electron chi connectivity index (χ2n) is 6.88. The van der Waals surface area contributed by atoms with E-state index >= 15 is 0 Å². The van der Waals surface area contributed by atoms with Crippen molar-refractivity contribution in [3.8, 4) is 17.2 Å². The van der Waals surface area contributed by atoms with Crippen molar-refractivity contribution in [2.45, 2.75) is 6.92 Å². The highest BCUT2D eigenvalue weighted by Crippen LogP contribution is 2.38. The summed E-state index contributed by atoms with van der Waals surface area (Å²) < 4.78 is 15.8. The van der Waals surface area contributed by atoms with E-state index in [2.05, 4.69) is 28.8 Å². The van der Waals surface area contributed by atoms with Gasteiger partial charge in [-0.1, -0.05) is 25.3 Å². The number of nitrogens with zero attached hydrogens (tertiary/aromatic N) is 1. The Kier molecular flexibility index (Phi) is 9.01. The van der Waals surface area contributed by atoms with E-state index in [1.807, 2.05) is 0 Å². The van der Waals surface area contributed by atoms with Crippen LogP contribution in [-0.2, 0) is 0 Å². The standard InChI is InChI=1S/C25H28N4O5/c1-7-9-17(8-2)27-24(31)19-14-18(11-10-15(19)3)28-25(26)29-23(30)16-12-20(32-4)22(34-6)21(13-16)33-5/h7-14H,1-2H2,3-6H3,(H,27,31)(H3,26,28,29,30)/b17-9+. The fraction of sp³-hybridized carbons (Fsp3) is 0.160. The van der Waals surface area contributed by atoms with Gasteiger partial charge in [-0.15, -0.1) is 0 Å². The minimum atomic E-state index is -0.532. The van der Waals surface area contributed by atoms with Crippen molar-refractivity contribution < 1.29 is 23.8 Å². The van der Waals surface area contributed by atoms with Crippen LogP contribution in [0, 0.1) is 6.92 Å². The van der Waals surface area contributed by atoms with E-state index < -0.39 is 5.91 Å². The fourth-order valence-electron chi connectivity index (χ4n) is 2.98. The smallest absolute Gasteiger partial charge is 0.258 e. The summed E-state index contributed by atoms with van der Waals surface area (Å²) in [5.74, 6) is -0.0379. The second kappa shape index (κ2) is 11.9. The molecular weight excluding hydrogens is 436 g/mol. The molecule has 9 heteroatoms. The molecule has 2 aromatic carbocycles. The molecule has 0 radical (unpaired) electrons. The average molecular weight is 465 g/mol. The molecule has 0 atom stereocenters. The molecule has 0 aliphatic carbocycles. The number of aryl methyl sites for hydroxylation is 1. The summed E-state index contributed by atoms with van der Waals surface area (Å²) in [6.45, 7) is 9.06. The first-order valence-electron chi connectivity index (χ1n) is 10.1. The third-order valence-electron chi connectivity index (χ3n) is 4.66. The summed E-state index contributed by atoms with van der Waals surface area (Å²) in [6, 6.07) is 7.96. The maximum absolute atomic E-state index is 12.7. The van der Waals surface area contributed by atoms with Crippen molar-refractivity contribution in [1.82, 2.24) is 10.6 Å². The van der Waals surface area contributed by atoms with Crippen LogP contribution >= 0.6 is 0 Å².